The highest BCUT2D eigenvalue weighted by Crippen LogP contribution is 2.39. The van der Waals surface area contributed by atoms with Gasteiger partial charge in [0, 0.05) is 37.1 Å². The minimum Gasteiger partial charge on any atom is -0.492 e. The molecule has 0 atom stereocenters. The molecule has 1 N–H and O–H groups in total. The number of benzene rings is 1. The maximum Gasteiger partial charge on any atom is 0.238 e. The number of thiazole rings is 1. The normalized spacial score (nSPS) is 14.0. The maximum absolute atomic E-state index is 12.8. The van der Waals surface area contributed by atoms with Gasteiger partial charge in [0.2, 0.25) is 5.91 Å². The number of carbonyl (C=O) groups is 1. The summed E-state index contributed by atoms with van der Waals surface area (Å²) in [5.74, 6) is 1.26. The number of hydrogen-bond donors (Lipinski definition) is 1. The highest BCUT2D eigenvalue weighted by Gasteiger charge is 2.21. The lowest BCUT2D eigenvalue weighted by Crippen LogP contribution is -2.36. The smallest absolute Gasteiger partial charge is 0.238 e. The SMILES string of the molecule is CCOc1cc(N2CCOCC2)c(OCC)cc1NC(=O)CN(C)Cc1csc(CC)n1. The number of carbonyl (C=O) groups excluding carboxylic acids is 1. The van der Waals surface area contributed by atoms with Gasteiger partial charge in [0.25, 0.3) is 0 Å². The molecule has 1 saturated heterocycles. The number of hydrogen-bond acceptors (Lipinski definition) is 8. The first-order valence-electron chi connectivity index (χ1n) is 11.2. The lowest BCUT2D eigenvalue weighted by atomic mass is 10.2. The van der Waals surface area contributed by atoms with Crippen molar-refractivity contribution in [3.8, 4) is 11.5 Å². The van der Waals surface area contributed by atoms with E-state index in [4.69, 9.17) is 14.2 Å². The van der Waals surface area contributed by atoms with E-state index in [-0.39, 0.29) is 12.5 Å². The Labute approximate surface area is 194 Å². The molecule has 1 aliphatic rings. The number of aromatic nitrogens is 1. The number of nitrogens with one attached hydrogen (secondary N) is 1. The van der Waals surface area contributed by atoms with E-state index >= 15 is 0 Å². The zero-order valence-corrected chi connectivity index (χ0v) is 20.3. The van der Waals surface area contributed by atoms with Crippen LogP contribution in [0.5, 0.6) is 11.5 Å². The summed E-state index contributed by atoms with van der Waals surface area (Å²) < 4.78 is 17.3. The van der Waals surface area contributed by atoms with Crippen molar-refractivity contribution in [3.05, 3.63) is 28.2 Å². The highest BCUT2D eigenvalue weighted by molar-refractivity contribution is 7.09. The highest BCUT2D eigenvalue weighted by atomic mass is 32.1. The van der Waals surface area contributed by atoms with E-state index < -0.39 is 0 Å². The van der Waals surface area contributed by atoms with Crippen molar-refractivity contribution in [1.29, 1.82) is 0 Å². The average Bonchev–Trinajstić information content (AvgIpc) is 3.23. The van der Waals surface area contributed by atoms with E-state index in [0.29, 0.717) is 44.4 Å². The molecule has 9 heteroatoms. The lowest BCUT2D eigenvalue weighted by molar-refractivity contribution is -0.117. The molecule has 3 rings (SSSR count). The summed E-state index contributed by atoms with van der Waals surface area (Å²) in [5.41, 5.74) is 2.57. The van der Waals surface area contributed by atoms with Crippen LogP contribution in [-0.2, 0) is 22.5 Å². The summed E-state index contributed by atoms with van der Waals surface area (Å²) in [6, 6.07) is 3.83. The molecule has 1 aliphatic heterocycles. The molecule has 1 amide bonds. The topological polar surface area (TPSA) is 76.2 Å². The van der Waals surface area contributed by atoms with Crippen molar-refractivity contribution in [2.24, 2.45) is 0 Å². The van der Waals surface area contributed by atoms with E-state index in [2.05, 4.69) is 27.5 Å². The quantitative estimate of drug-likeness (QED) is 0.548. The van der Waals surface area contributed by atoms with Crippen molar-refractivity contribution >= 4 is 28.6 Å². The van der Waals surface area contributed by atoms with E-state index in [1.165, 1.54) is 0 Å². The Hall–Kier alpha value is -2.36. The maximum atomic E-state index is 12.8. The molecular formula is C23H34N4O4S. The van der Waals surface area contributed by atoms with Crippen LogP contribution in [0.1, 0.15) is 31.5 Å². The van der Waals surface area contributed by atoms with E-state index in [1.807, 2.05) is 37.9 Å². The van der Waals surface area contributed by atoms with Crippen molar-refractivity contribution in [2.75, 3.05) is 63.3 Å². The molecule has 1 aromatic heterocycles. The molecular weight excluding hydrogens is 428 g/mol. The zero-order valence-electron chi connectivity index (χ0n) is 19.5. The molecule has 2 aromatic rings. The first-order chi connectivity index (χ1) is 15.5. The van der Waals surface area contributed by atoms with Gasteiger partial charge in [-0.2, -0.15) is 0 Å². The Morgan fingerprint density at radius 3 is 2.56 bits per heavy atom. The molecule has 0 radical (unpaired) electrons. The fourth-order valence-electron chi connectivity index (χ4n) is 3.60. The van der Waals surface area contributed by atoms with E-state index in [9.17, 15) is 4.79 Å². The van der Waals surface area contributed by atoms with Gasteiger partial charge in [0.05, 0.1) is 55.0 Å². The van der Waals surface area contributed by atoms with Crippen LogP contribution in [0.2, 0.25) is 0 Å². The lowest BCUT2D eigenvalue weighted by Gasteiger charge is -2.31. The van der Waals surface area contributed by atoms with Gasteiger partial charge < -0.3 is 24.4 Å². The minimum atomic E-state index is -0.110. The second-order valence-corrected chi connectivity index (χ2v) is 8.53. The Balaban J connectivity index is 1.72. The zero-order chi connectivity index (χ0) is 22.9. The summed E-state index contributed by atoms with van der Waals surface area (Å²) in [6.07, 6.45) is 0.928. The fraction of sp³-hybridized carbons (Fsp3) is 0.565. The van der Waals surface area contributed by atoms with Crippen LogP contribution in [0.3, 0.4) is 0 Å². The number of morpholine rings is 1. The van der Waals surface area contributed by atoms with E-state index in [1.54, 1.807) is 11.3 Å². The largest absolute Gasteiger partial charge is 0.492 e. The van der Waals surface area contributed by atoms with Gasteiger partial charge in [0.15, 0.2) is 0 Å². The van der Waals surface area contributed by atoms with E-state index in [0.717, 1.165) is 41.6 Å². The molecule has 0 bridgehead atoms. The van der Waals surface area contributed by atoms with Crippen molar-refractivity contribution < 1.29 is 19.0 Å². The van der Waals surface area contributed by atoms with Crippen LogP contribution < -0.4 is 19.7 Å². The number of aryl methyl sites for hydroxylation is 1. The van der Waals surface area contributed by atoms with Gasteiger partial charge in [-0.3, -0.25) is 9.69 Å². The molecule has 8 nitrogen and oxygen atoms in total. The molecule has 2 heterocycles. The summed E-state index contributed by atoms with van der Waals surface area (Å²) in [6.45, 7) is 10.8. The van der Waals surface area contributed by atoms with Crippen LogP contribution in [0.25, 0.3) is 0 Å². The van der Waals surface area contributed by atoms with Crippen molar-refractivity contribution in [3.63, 3.8) is 0 Å². The Bertz CT molecular complexity index is 883. The van der Waals surface area contributed by atoms with Crippen LogP contribution in [0.4, 0.5) is 11.4 Å². The average molecular weight is 463 g/mol. The van der Waals surface area contributed by atoms with Gasteiger partial charge >= 0.3 is 0 Å². The summed E-state index contributed by atoms with van der Waals surface area (Å²) in [7, 11) is 1.92. The van der Waals surface area contributed by atoms with Gasteiger partial charge in [-0.15, -0.1) is 11.3 Å². The second kappa shape index (κ2) is 12.0. The van der Waals surface area contributed by atoms with Gasteiger partial charge in [-0.05, 0) is 27.3 Å². The predicted octanol–water partition coefficient (Wildman–Crippen LogP) is 3.41. The number of rotatable bonds is 11. The van der Waals surface area contributed by atoms with Crippen molar-refractivity contribution in [1.82, 2.24) is 9.88 Å². The van der Waals surface area contributed by atoms with Crippen LogP contribution in [-0.4, -0.2) is 68.9 Å². The second-order valence-electron chi connectivity index (χ2n) is 7.59. The molecule has 0 aliphatic carbocycles. The third-order valence-electron chi connectivity index (χ3n) is 5.03. The number of anilines is 2. The monoisotopic (exact) mass is 462 g/mol. The molecule has 0 unspecified atom stereocenters. The number of likely N-dealkylation sites (N-methyl/N-ethyl adjacent to an activating group) is 1. The Morgan fingerprint density at radius 1 is 1.19 bits per heavy atom. The molecule has 32 heavy (non-hydrogen) atoms. The Kier molecular flexibility index (Phi) is 9.13. The van der Waals surface area contributed by atoms with Gasteiger partial charge in [-0.1, -0.05) is 6.92 Å². The number of ether oxygens (including phenoxy) is 3. The molecule has 1 fully saturated rings. The standard InChI is InChI=1S/C23H34N4O4S/c1-5-23-24-17(16-32-23)14-26(4)15-22(28)25-18-12-21(31-7-3)19(13-20(18)30-6-2)27-8-10-29-11-9-27/h12-13,16H,5-11,14-15H2,1-4H3,(H,25,28). The fourth-order valence-corrected chi connectivity index (χ4v) is 4.33. The summed E-state index contributed by atoms with van der Waals surface area (Å²) >= 11 is 1.66. The first-order valence-corrected chi connectivity index (χ1v) is 12.1. The minimum absolute atomic E-state index is 0.110. The first kappa shape index (κ1) is 24.3. The van der Waals surface area contributed by atoms with Crippen LogP contribution in [0, 0.1) is 0 Å². The molecule has 1 aromatic carbocycles. The van der Waals surface area contributed by atoms with Crippen LogP contribution >= 0.6 is 11.3 Å². The molecule has 0 saturated carbocycles. The predicted molar refractivity (Wildman–Crippen MR) is 128 cm³/mol. The van der Waals surface area contributed by atoms with Gasteiger partial charge in [0.1, 0.15) is 11.5 Å². The molecule has 0 spiro atoms. The molecule has 176 valence electrons. The summed E-state index contributed by atoms with van der Waals surface area (Å²) in [4.78, 5) is 21.6. The number of nitrogens with zero attached hydrogens (tertiary/aromatic N) is 3. The summed E-state index contributed by atoms with van der Waals surface area (Å²) in [5, 5.41) is 6.18. The third kappa shape index (κ3) is 6.57. The number of amides is 1. The van der Waals surface area contributed by atoms with Crippen molar-refractivity contribution in [2.45, 2.75) is 33.7 Å². The third-order valence-corrected chi connectivity index (χ3v) is 6.08. The van der Waals surface area contributed by atoms with Crippen LogP contribution in [0.15, 0.2) is 17.5 Å². The van der Waals surface area contributed by atoms with Gasteiger partial charge in [-0.25, -0.2) is 4.98 Å². The Morgan fingerprint density at radius 2 is 1.91 bits per heavy atom.